The van der Waals surface area contributed by atoms with Gasteiger partial charge in [-0.1, -0.05) is 6.07 Å². The molecule has 4 rings (SSSR count). The van der Waals surface area contributed by atoms with Crippen molar-refractivity contribution in [3.8, 4) is 16.9 Å². The van der Waals surface area contributed by atoms with Gasteiger partial charge >= 0.3 is 5.69 Å². The summed E-state index contributed by atoms with van der Waals surface area (Å²) in [5.74, 6) is 0.711. The second-order valence-corrected chi connectivity index (χ2v) is 5.60. The predicted octanol–water partition coefficient (Wildman–Crippen LogP) is 2.26. The number of hydrogen-bond donors (Lipinski definition) is 1. The van der Waals surface area contributed by atoms with Crippen LogP contribution in [0, 0.1) is 13.8 Å². The van der Waals surface area contributed by atoms with Gasteiger partial charge in [-0.3, -0.25) is 0 Å². The number of nitrogens with zero attached hydrogens (tertiary/aromatic N) is 4. The normalized spacial score (nSPS) is 11.3. The Labute approximate surface area is 136 Å². The number of benzene rings is 1. The number of fused-ring (bicyclic) bond motifs is 2. The van der Waals surface area contributed by atoms with Crippen LogP contribution >= 0.6 is 0 Å². The fraction of sp³-hybridized carbons (Fsp3) is 0.176. The van der Waals surface area contributed by atoms with Gasteiger partial charge in [-0.05, 0) is 37.6 Å². The van der Waals surface area contributed by atoms with E-state index in [1.165, 1.54) is 4.52 Å². The molecule has 0 saturated heterocycles. The lowest BCUT2D eigenvalue weighted by atomic mass is 9.99. The zero-order valence-electron chi connectivity index (χ0n) is 13.5. The number of aromatic nitrogens is 5. The molecule has 0 atom stereocenters. The van der Waals surface area contributed by atoms with Crippen LogP contribution in [0.4, 0.5) is 0 Å². The van der Waals surface area contributed by atoms with Gasteiger partial charge < -0.3 is 4.74 Å². The van der Waals surface area contributed by atoms with Crippen LogP contribution in [0.15, 0.2) is 35.3 Å². The summed E-state index contributed by atoms with van der Waals surface area (Å²) in [4.78, 5) is 16.5. The molecule has 0 aliphatic rings. The minimum atomic E-state index is -0.367. The first kappa shape index (κ1) is 14.4. The van der Waals surface area contributed by atoms with Crippen molar-refractivity contribution >= 4 is 16.4 Å². The van der Waals surface area contributed by atoms with E-state index in [-0.39, 0.29) is 5.69 Å². The molecule has 0 amide bonds. The molecule has 1 N–H and O–H groups in total. The Morgan fingerprint density at radius 1 is 1.17 bits per heavy atom. The Bertz CT molecular complexity index is 1140. The van der Waals surface area contributed by atoms with Crippen molar-refractivity contribution in [2.24, 2.45) is 0 Å². The Hall–Kier alpha value is -3.22. The topological polar surface area (TPSA) is 85.2 Å². The SMILES string of the molecule is COc1ccc(-c2c(C)nn3c(=O)[nH]ncc23)c2ccc(C)nc12. The Morgan fingerprint density at radius 2 is 2.00 bits per heavy atom. The van der Waals surface area contributed by atoms with Gasteiger partial charge in [0.25, 0.3) is 0 Å². The summed E-state index contributed by atoms with van der Waals surface area (Å²) in [5, 5.41) is 11.6. The zero-order valence-corrected chi connectivity index (χ0v) is 13.5. The molecule has 0 saturated carbocycles. The molecular formula is C17H15N5O2. The summed E-state index contributed by atoms with van der Waals surface area (Å²) in [5.41, 5.74) is 4.54. The predicted molar refractivity (Wildman–Crippen MR) is 90.4 cm³/mol. The van der Waals surface area contributed by atoms with Crippen LogP contribution in [0.25, 0.3) is 27.5 Å². The molecule has 0 fully saturated rings. The minimum absolute atomic E-state index is 0.367. The van der Waals surface area contributed by atoms with Crippen molar-refractivity contribution in [2.45, 2.75) is 13.8 Å². The number of aromatic amines is 1. The minimum Gasteiger partial charge on any atom is -0.494 e. The molecule has 3 aromatic heterocycles. The van der Waals surface area contributed by atoms with E-state index in [0.717, 1.165) is 33.4 Å². The quantitative estimate of drug-likeness (QED) is 0.612. The van der Waals surface area contributed by atoms with Crippen molar-refractivity contribution < 1.29 is 4.74 Å². The first-order valence-corrected chi connectivity index (χ1v) is 7.48. The highest BCUT2D eigenvalue weighted by atomic mass is 16.5. The third-order valence-corrected chi connectivity index (χ3v) is 4.08. The van der Waals surface area contributed by atoms with Crippen LogP contribution in [0.5, 0.6) is 5.75 Å². The van der Waals surface area contributed by atoms with Crippen molar-refractivity contribution in [1.29, 1.82) is 0 Å². The first-order chi connectivity index (χ1) is 11.6. The van der Waals surface area contributed by atoms with Gasteiger partial charge in [0, 0.05) is 16.6 Å². The van der Waals surface area contributed by atoms with Crippen LogP contribution in [0.1, 0.15) is 11.4 Å². The van der Waals surface area contributed by atoms with Crippen LogP contribution in [-0.2, 0) is 0 Å². The van der Waals surface area contributed by atoms with Crippen molar-refractivity contribution in [3.05, 3.63) is 52.3 Å². The summed E-state index contributed by atoms with van der Waals surface area (Å²) >= 11 is 0. The number of pyridine rings is 1. The molecule has 0 radical (unpaired) electrons. The zero-order chi connectivity index (χ0) is 16.8. The largest absolute Gasteiger partial charge is 0.494 e. The van der Waals surface area contributed by atoms with Crippen molar-refractivity contribution in [3.63, 3.8) is 0 Å². The summed E-state index contributed by atoms with van der Waals surface area (Å²) in [6, 6.07) is 7.81. The van der Waals surface area contributed by atoms with Crippen LogP contribution < -0.4 is 10.4 Å². The maximum atomic E-state index is 11.9. The average Bonchev–Trinajstić information content (AvgIpc) is 2.91. The summed E-state index contributed by atoms with van der Waals surface area (Å²) < 4.78 is 6.77. The summed E-state index contributed by atoms with van der Waals surface area (Å²) in [7, 11) is 1.63. The Kier molecular flexibility index (Phi) is 3.09. The van der Waals surface area contributed by atoms with Gasteiger partial charge in [0.2, 0.25) is 0 Å². The fourth-order valence-corrected chi connectivity index (χ4v) is 3.02. The Balaban J connectivity index is 2.14. The number of rotatable bonds is 2. The molecule has 0 unspecified atom stereocenters. The van der Waals surface area contributed by atoms with E-state index in [1.807, 2.05) is 38.1 Å². The molecule has 0 aliphatic carbocycles. The van der Waals surface area contributed by atoms with E-state index < -0.39 is 0 Å². The first-order valence-electron chi connectivity index (χ1n) is 7.48. The molecule has 1 aromatic carbocycles. The molecule has 4 aromatic rings. The van der Waals surface area contributed by atoms with Gasteiger partial charge in [0.15, 0.2) is 0 Å². The molecule has 120 valence electrons. The summed E-state index contributed by atoms with van der Waals surface area (Å²) in [6.45, 7) is 3.81. The monoisotopic (exact) mass is 321 g/mol. The molecule has 7 heteroatoms. The maximum Gasteiger partial charge on any atom is 0.363 e. The lowest BCUT2D eigenvalue weighted by Gasteiger charge is -2.10. The van der Waals surface area contributed by atoms with E-state index in [0.29, 0.717) is 11.3 Å². The van der Waals surface area contributed by atoms with Crippen molar-refractivity contribution in [2.75, 3.05) is 7.11 Å². The second-order valence-electron chi connectivity index (χ2n) is 5.60. The van der Waals surface area contributed by atoms with E-state index >= 15 is 0 Å². The molecule has 7 nitrogen and oxygen atoms in total. The van der Waals surface area contributed by atoms with Crippen LogP contribution in [0.3, 0.4) is 0 Å². The average molecular weight is 321 g/mol. The van der Waals surface area contributed by atoms with E-state index in [1.54, 1.807) is 13.3 Å². The van der Waals surface area contributed by atoms with Gasteiger partial charge in [0.05, 0.1) is 19.0 Å². The van der Waals surface area contributed by atoms with Gasteiger partial charge in [-0.2, -0.15) is 14.7 Å². The van der Waals surface area contributed by atoms with E-state index in [2.05, 4.69) is 20.3 Å². The molecule has 24 heavy (non-hydrogen) atoms. The number of aryl methyl sites for hydroxylation is 2. The number of hydrogen-bond acceptors (Lipinski definition) is 5. The number of H-pyrrole nitrogens is 1. The molecular weight excluding hydrogens is 306 g/mol. The highest BCUT2D eigenvalue weighted by Gasteiger charge is 2.17. The van der Waals surface area contributed by atoms with Gasteiger partial charge in [0.1, 0.15) is 16.8 Å². The number of ether oxygens (including phenoxy) is 1. The molecule has 0 spiro atoms. The highest BCUT2D eigenvalue weighted by molar-refractivity contribution is 6.01. The van der Waals surface area contributed by atoms with Crippen LogP contribution in [-0.4, -0.2) is 31.9 Å². The lowest BCUT2D eigenvalue weighted by Crippen LogP contribution is -2.18. The Morgan fingerprint density at radius 3 is 2.79 bits per heavy atom. The molecule has 3 heterocycles. The maximum absolute atomic E-state index is 11.9. The highest BCUT2D eigenvalue weighted by Crippen LogP contribution is 2.36. The third-order valence-electron chi connectivity index (χ3n) is 4.08. The van der Waals surface area contributed by atoms with Crippen LogP contribution in [0.2, 0.25) is 0 Å². The second kappa shape index (κ2) is 5.16. The lowest BCUT2D eigenvalue weighted by molar-refractivity contribution is 0.419. The van der Waals surface area contributed by atoms with Crippen molar-refractivity contribution in [1.82, 2.24) is 24.8 Å². The third kappa shape index (κ3) is 1.98. The number of nitrogens with one attached hydrogen (secondary N) is 1. The molecule has 0 bridgehead atoms. The van der Waals surface area contributed by atoms with E-state index in [9.17, 15) is 4.79 Å². The van der Waals surface area contributed by atoms with Gasteiger partial charge in [-0.25, -0.2) is 14.9 Å². The van der Waals surface area contributed by atoms with E-state index in [4.69, 9.17) is 4.74 Å². The number of methoxy groups -OCH3 is 1. The molecule has 0 aliphatic heterocycles. The smallest absolute Gasteiger partial charge is 0.363 e. The fourth-order valence-electron chi connectivity index (χ4n) is 3.02. The van der Waals surface area contributed by atoms with Gasteiger partial charge in [-0.15, -0.1) is 0 Å². The summed E-state index contributed by atoms with van der Waals surface area (Å²) in [6.07, 6.45) is 1.61. The standard InChI is InChI=1S/C17H15N5O2/c1-9-4-5-12-11(6-7-14(24-3)16(12)19-9)15-10(2)21-22-13(15)8-18-20-17(22)23/h4-8H,1-3H3,(H,20,23).